The molecule has 0 bridgehead atoms. The highest BCUT2D eigenvalue weighted by Gasteiger charge is 2.34. The van der Waals surface area contributed by atoms with E-state index in [9.17, 15) is 13.2 Å². The van der Waals surface area contributed by atoms with Gasteiger partial charge < -0.3 is 0 Å². The average molecular weight is 374 g/mol. The molecule has 1 N–H and O–H groups in total. The molecule has 2 aromatic rings. The lowest BCUT2D eigenvalue weighted by Crippen LogP contribution is -2.19. The van der Waals surface area contributed by atoms with Crippen LogP contribution in [0.1, 0.15) is 41.4 Å². The predicted molar refractivity (Wildman–Crippen MR) is 96.8 cm³/mol. The maximum absolute atomic E-state index is 12.5. The van der Waals surface area contributed by atoms with Crippen molar-refractivity contribution in [2.75, 3.05) is 0 Å². The Morgan fingerprint density at radius 2 is 1.96 bits per heavy atom. The van der Waals surface area contributed by atoms with Gasteiger partial charge in [-0.3, -0.25) is 9.98 Å². The fourth-order valence-corrected chi connectivity index (χ4v) is 2.53. The van der Waals surface area contributed by atoms with Gasteiger partial charge in [0.1, 0.15) is 5.82 Å². The number of nitrogens with one attached hydrogen (secondary N) is 1. The summed E-state index contributed by atoms with van der Waals surface area (Å²) >= 11 is 0. The minimum Gasteiger partial charge on any atom is -0.299 e. The first-order valence-electron chi connectivity index (χ1n) is 8.26. The molecular weight excluding hydrogens is 357 g/mol. The van der Waals surface area contributed by atoms with E-state index >= 15 is 0 Å². The third-order valence-electron chi connectivity index (χ3n) is 3.87. The molecule has 0 spiro atoms. The molecule has 0 amide bonds. The number of aliphatic imine (C=N–C) groups is 1. The van der Waals surface area contributed by atoms with Gasteiger partial charge in [0.15, 0.2) is 5.82 Å². The lowest BCUT2D eigenvalue weighted by atomic mass is 10.1. The van der Waals surface area contributed by atoms with E-state index in [1.165, 1.54) is 0 Å². The average Bonchev–Trinajstić information content (AvgIpc) is 2.89. The number of halogens is 3. The van der Waals surface area contributed by atoms with Gasteiger partial charge in [0.05, 0.1) is 17.6 Å². The summed E-state index contributed by atoms with van der Waals surface area (Å²) in [5.74, 6) is -0.788. The number of nitrogens with zero attached hydrogens (tertiary/aromatic N) is 5. The number of hydrogen-bond donors (Lipinski definition) is 1. The van der Waals surface area contributed by atoms with Gasteiger partial charge >= 0.3 is 6.18 Å². The number of hydrogen-bond acceptors (Lipinski definition) is 4. The van der Waals surface area contributed by atoms with E-state index < -0.39 is 12.0 Å². The highest BCUT2D eigenvalue weighted by atomic mass is 19.4. The monoisotopic (exact) mass is 374 g/mol. The van der Waals surface area contributed by atoms with Crippen molar-refractivity contribution in [2.24, 2.45) is 4.99 Å². The Bertz CT molecular complexity index is 920. The van der Waals surface area contributed by atoms with Crippen LogP contribution in [-0.4, -0.2) is 37.7 Å². The zero-order chi connectivity index (χ0) is 19.4. The molecule has 0 saturated heterocycles. The van der Waals surface area contributed by atoms with Crippen LogP contribution in [0.4, 0.5) is 13.2 Å². The van der Waals surface area contributed by atoms with Crippen LogP contribution in [0.25, 0.3) is 12.3 Å². The smallest absolute Gasteiger partial charge is 0.299 e. The number of imidazole rings is 1. The second kappa shape index (κ2) is 7.65. The van der Waals surface area contributed by atoms with E-state index in [-0.39, 0.29) is 5.82 Å². The number of aromatic nitrogens is 4. The Balaban J connectivity index is 2.00. The molecule has 0 radical (unpaired) electrons. The van der Waals surface area contributed by atoms with Crippen molar-refractivity contribution in [1.82, 2.24) is 19.5 Å². The molecule has 1 aliphatic heterocycles. The Kier molecular flexibility index (Phi) is 5.29. The number of rotatable bonds is 3. The van der Waals surface area contributed by atoms with Crippen molar-refractivity contribution in [3.63, 3.8) is 0 Å². The number of fused-ring (bicyclic) bond motifs is 1. The minimum atomic E-state index is -4.79. The van der Waals surface area contributed by atoms with E-state index in [4.69, 9.17) is 5.41 Å². The van der Waals surface area contributed by atoms with Crippen LogP contribution in [0.2, 0.25) is 0 Å². The Labute approximate surface area is 153 Å². The lowest BCUT2D eigenvalue weighted by Gasteiger charge is -2.06. The molecule has 2 aromatic heterocycles. The van der Waals surface area contributed by atoms with Crippen molar-refractivity contribution in [2.45, 2.75) is 32.4 Å². The van der Waals surface area contributed by atoms with Crippen molar-refractivity contribution >= 4 is 24.3 Å². The molecule has 9 heteroatoms. The zero-order valence-electron chi connectivity index (χ0n) is 14.5. The lowest BCUT2D eigenvalue weighted by molar-refractivity contribution is -0.0604. The second-order valence-electron chi connectivity index (χ2n) is 5.96. The summed E-state index contributed by atoms with van der Waals surface area (Å²) in [6.07, 6.45) is 9.23. The van der Waals surface area contributed by atoms with Crippen LogP contribution in [0.15, 0.2) is 29.5 Å². The minimum absolute atomic E-state index is 0.227. The number of allylic oxidation sites excluding steroid dienone is 2. The summed E-state index contributed by atoms with van der Waals surface area (Å²) < 4.78 is 39.3. The third kappa shape index (κ3) is 4.55. The summed E-state index contributed by atoms with van der Waals surface area (Å²) in [6.45, 7) is 1.79. The molecule has 140 valence electrons. The fourth-order valence-electron chi connectivity index (χ4n) is 2.53. The number of amidine groups is 1. The molecule has 0 atom stereocenters. The Morgan fingerprint density at radius 1 is 1.26 bits per heavy atom. The van der Waals surface area contributed by atoms with Crippen LogP contribution in [0, 0.1) is 12.3 Å². The molecule has 3 heterocycles. The normalized spacial score (nSPS) is 16.6. The molecule has 6 nitrogen and oxygen atoms in total. The highest BCUT2D eigenvalue weighted by molar-refractivity contribution is 5.95. The van der Waals surface area contributed by atoms with Crippen molar-refractivity contribution in [3.8, 4) is 0 Å². The van der Waals surface area contributed by atoms with Gasteiger partial charge in [-0.25, -0.2) is 19.9 Å². The van der Waals surface area contributed by atoms with Gasteiger partial charge in [-0.1, -0.05) is 12.2 Å². The van der Waals surface area contributed by atoms with Crippen molar-refractivity contribution in [3.05, 3.63) is 53.1 Å². The number of aryl methyl sites for hydroxylation is 1. The topological polar surface area (TPSA) is 79.8 Å². The van der Waals surface area contributed by atoms with Crippen LogP contribution >= 0.6 is 0 Å². The first kappa shape index (κ1) is 18.7. The van der Waals surface area contributed by atoms with Gasteiger partial charge in [-0.2, -0.15) is 13.2 Å². The van der Waals surface area contributed by atoms with Gasteiger partial charge in [0.2, 0.25) is 5.84 Å². The highest BCUT2D eigenvalue weighted by Crippen LogP contribution is 2.21. The van der Waals surface area contributed by atoms with Gasteiger partial charge in [-0.05, 0) is 31.4 Å². The van der Waals surface area contributed by atoms with Gasteiger partial charge in [0.25, 0.3) is 0 Å². The van der Waals surface area contributed by atoms with Crippen LogP contribution in [0.5, 0.6) is 0 Å². The van der Waals surface area contributed by atoms with E-state index in [1.54, 1.807) is 30.1 Å². The van der Waals surface area contributed by atoms with Crippen molar-refractivity contribution < 1.29 is 13.2 Å². The standard InChI is InChI=1S/C18H17F3N6/c1-12-23-9-13(10-24-12)8-14-15-6-4-2-3-5-7-27(15)16(26-14)11-25-17(22)18(19,20)21/h4-7,9-11,22H,2-3,8H2,1H3/b6-4-,7-5-,22-17?,25-11+. The van der Waals surface area contributed by atoms with Gasteiger partial charge in [0, 0.05) is 25.0 Å². The summed E-state index contributed by atoms with van der Waals surface area (Å²) in [6, 6.07) is 0. The SMILES string of the molecule is Cc1ncc(Cc2nc(/C=N/C(=N)C(F)(F)F)n3c2/C=C\CC/C=C\3)cn1. The Morgan fingerprint density at radius 3 is 2.67 bits per heavy atom. The summed E-state index contributed by atoms with van der Waals surface area (Å²) in [4.78, 5) is 16.0. The van der Waals surface area contributed by atoms with Crippen LogP contribution in [-0.2, 0) is 6.42 Å². The summed E-state index contributed by atoms with van der Waals surface area (Å²) in [7, 11) is 0. The molecule has 0 aromatic carbocycles. The Hall–Kier alpha value is -3.10. The molecule has 0 saturated carbocycles. The van der Waals surface area contributed by atoms with Crippen LogP contribution in [0.3, 0.4) is 0 Å². The molecule has 0 fully saturated rings. The van der Waals surface area contributed by atoms with E-state index in [0.717, 1.165) is 30.3 Å². The van der Waals surface area contributed by atoms with E-state index in [2.05, 4.69) is 19.9 Å². The molecule has 0 aliphatic carbocycles. The second-order valence-corrected chi connectivity index (χ2v) is 5.96. The summed E-state index contributed by atoms with van der Waals surface area (Å²) in [5.41, 5.74) is 2.27. The maximum Gasteiger partial charge on any atom is 0.450 e. The molecule has 27 heavy (non-hydrogen) atoms. The maximum atomic E-state index is 12.5. The predicted octanol–water partition coefficient (Wildman–Crippen LogP) is 3.81. The van der Waals surface area contributed by atoms with Crippen LogP contribution < -0.4 is 0 Å². The van der Waals surface area contributed by atoms with Gasteiger partial charge in [-0.15, -0.1) is 0 Å². The van der Waals surface area contributed by atoms with Crippen molar-refractivity contribution in [1.29, 1.82) is 5.41 Å². The fraction of sp³-hybridized carbons (Fsp3) is 0.278. The van der Waals surface area contributed by atoms with E-state index in [0.29, 0.717) is 17.9 Å². The number of alkyl halides is 3. The first-order chi connectivity index (χ1) is 12.8. The van der Waals surface area contributed by atoms with E-state index in [1.807, 2.05) is 18.2 Å². The molecule has 3 rings (SSSR count). The summed E-state index contributed by atoms with van der Waals surface area (Å²) in [5, 5.41) is 7.01. The molecular formula is C18H17F3N6. The quantitative estimate of drug-likeness (QED) is 0.655. The first-order valence-corrected chi connectivity index (χ1v) is 8.26. The molecule has 0 unspecified atom stereocenters. The third-order valence-corrected chi connectivity index (χ3v) is 3.87. The zero-order valence-corrected chi connectivity index (χ0v) is 14.5. The largest absolute Gasteiger partial charge is 0.450 e. The molecule has 1 aliphatic rings.